The highest BCUT2D eigenvalue weighted by atomic mass is 32.1. The van der Waals surface area contributed by atoms with Gasteiger partial charge in [0, 0.05) is 6.42 Å². The molecule has 0 atom stereocenters. The lowest BCUT2D eigenvalue weighted by Gasteiger charge is -2.21. The fourth-order valence-corrected chi connectivity index (χ4v) is 1.64. The molecule has 1 aliphatic rings. The van der Waals surface area contributed by atoms with Gasteiger partial charge in [-0.3, -0.25) is 0 Å². The Bertz CT molecular complexity index is 143. The Hall–Kier alpha value is -0.150. The second kappa shape index (κ2) is 5.49. The van der Waals surface area contributed by atoms with E-state index < -0.39 is 0 Å². The lowest BCUT2D eigenvalue weighted by Crippen LogP contribution is -2.19. The Balaban J connectivity index is 2.01. The molecule has 0 aromatic heterocycles. The van der Waals surface area contributed by atoms with Crippen LogP contribution in [0.3, 0.4) is 0 Å². The number of ether oxygens (including phenoxy) is 1. The molecule has 12 heavy (non-hydrogen) atoms. The molecule has 1 aliphatic carbocycles. The predicted molar refractivity (Wildman–Crippen MR) is 54.2 cm³/mol. The second-order valence-electron chi connectivity index (χ2n) is 3.35. The molecule has 0 saturated heterocycles. The average Bonchev–Trinajstić information content (AvgIpc) is 2.05. The molecule has 70 valence electrons. The summed E-state index contributed by atoms with van der Waals surface area (Å²) in [5, 5.41) is 0. The third kappa shape index (κ3) is 4.02. The van der Waals surface area contributed by atoms with Crippen LogP contribution >= 0.6 is 12.2 Å². The van der Waals surface area contributed by atoms with Crippen molar-refractivity contribution >= 4 is 17.2 Å². The van der Waals surface area contributed by atoms with Gasteiger partial charge in [-0.25, -0.2) is 0 Å². The maximum Gasteiger partial charge on any atom is 0.0750 e. The maximum absolute atomic E-state index is 5.63. The highest BCUT2D eigenvalue weighted by molar-refractivity contribution is 7.80. The quantitative estimate of drug-likeness (QED) is 0.684. The van der Waals surface area contributed by atoms with Crippen LogP contribution in [0.15, 0.2) is 0 Å². The van der Waals surface area contributed by atoms with Crippen molar-refractivity contribution in [3.05, 3.63) is 0 Å². The molecule has 0 aromatic carbocycles. The van der Waals surface area contributed by atoms with Gasteiger partial charge in [-0.15, -0.1) is 0 Å². The summed E-state index contributed by atoms with van der Waals surface area (Å²) in [6.45, 7) is 0.708. The first kappa shape index (κ1) is 9.93. The monoisotopic (exact) mass is 187 g/mol. The lowest BCUT2D eigenvalue weighted by molar-refractivity contribution is 0.0328. The van der Waals surface area contributed by atoms with Crippen LogP contribution in [0.5, 0.6) is 0 Å². The molecule has 0 unspecified atom stereocenters. The van der Waals surface area contributed by atoms with E-state index in [0.717, 1.165) is 6.42 Å². The van der Waals surface area contributed by atoms with E-state index in [1.807, 2.05) is 0 Å². The molecule has 0 bridgehead atoms. The van der Waals surface area contributed by atoms with E-state index >= 15 is 0 Å². The first-order valence-electron chi connectivity index (χ1n) is 4.69. The van der Waals surface area contributed by atoms with Gasteiger partial charge < -0.3 is 10.5 Å². The summed E-state index contributed by atoms with van der Waals surface area (Å²) >= 11 is 4.76. The van der Waals surface area contributed by atoms with Crippen molar-refractivity contribution in [3.63, 3.8) is 0 Å². The molecular formula is C9H17NOS. The molecule has 0 aromatic rings. The Morgan fingerprint density at radius 3 is 2.58 bits per heavy atom. The zero-order chi connectivity index (χ0) is 8.81. The van der Waals surface area contributed by atoms with Crippen LogP contribution in [0.2, 0.25) is 0 Å². The Kier molecular flexibility index (Phi) is 4.54. The van der Waals surface area contributed by atoms with Crippen LogP contribution < -0.4 is 5.73 Å². The molecule has 3 heteroatoms. The molecule has 1 rings (SSSR count). The van der Waals surface area contributed by atoms with Crippen molar-refractivity contribution < 1.29 is 4.74 Å². The lowest BCUT2D eigenvalue weighted by atomic mass is 9.98. The van der Waals surface area contributed by atoms with Gasteiger partial charge in [-0.2, -0.15) is 0 Å². The van der Waals surface area contributed by atoms with Gasteiger partial charge in [0.05, 0.1) is 17.7 Å². The smallest absolute Gasteiger partial charge is 0.0750 e. The normalized spacial score (nSPS) is 19.3. The van der Waals surface area contributed by atoms with E-state index in [-0.39, 0.29) is 0 Å². The van der Waals surface area contributed by atoms with Crippen molar-refractivity contribution in [1.29, 1.82) is 0 Å². The van der Waals surface area contributed by atoms with E-state index in [1.165, 1.54) is 32.1 Å². The molecular weight excluding hydrogens is 170 g/mol. The second-order valence-corrected chi connectivity index (χ2v) is 3.87. The standard InChI is InChI=1S/C9H17NOS/c10-9(12)6-7-11-8-4-2-1-3-5-8/h8H,1-7H2,(H2,10,12). The third-order valence-corrected chi connectivity index (χ3v) is 2.46. The summed E-state index contributed by atoms with van der Waals surface area (Å²) in [7, 11) is 0. The zero-order valence-electron chi connectivity index (χ0n) is 7.42. The van der Waals surface area contributed by atoms with E-state index in [1.54, 1.807) is 0 Å². The highest BCUT2D eigenvalue weighted by Gasteiger charge is 2.12. The van der Waals surface area contributed by atoms with Crippen LogP contribution in [0.1, 0.15) is 38.5 Å². The molecule has 0 aliphatic heterocycles. The van der Waals surface area contributed by atoms with Crippen molar-refractivity contribution in [2.24, 2.45) is 5.73 Å². The summed E-state index contributed by atoms with van der Waals surface area (Å²) in [5.41, 5.74) is 5.36. The molecule has 0 heterocycles. The van der Waals surface area contributed by atoms with Crippen LogP contribution in [0.25, 0.3) is 0 Å². The van der Waals surface area contributed by atoms with Crippen LogP contribution in [-0.4, -0.2) is 17.7 Å². The number of hydrogen-bond donors (Lipinski definition) is 1. The SMILES string of the molecule is NC(=S)CCOC1CCCCC1. The summed E-state index contributed by atoms with van der Waals surface area (Å²) in [4.78, 5) is 0.561. The zero-order valence-corrected chi connectivity index (χ0v) is 8.24. The van der Waals surface area contributed by atoms with E-state index in [4.69, 9.17) is 22.7 Å². The summed E-state index contributed by atoms with van der Waals surface area (Å²) < 4.78 is 5.63. The topological polar surface area (TPSA) is 35.2 Å². The minimum atomic E-state index is 0.480. The summed E-state index contributed by atoms with van der Waals surface area (Å²) in [6, 6.07) is 0. The van der Waals surface area contributed by atoms with Gasteiger partial charge in [0.1, 0.15) is 0 Å². The Morgan fingerprint density at radius 2 is 2.00 bits per heavy atom. The van der Waals surface area contributed by atoms with Gasteiger partial charge in [0.2, 0.25) is 0 Å². The first-order chi connectivity index (χ1) is 5.79. The van der Waals surface area contributed by atoms with Crippen LogP contribution in [0, 0.1) is 0 Å². The molecule has 2 N–H and O–H groups in total. The predicted octanol–water partition coefficient (Wildman–Crippen LogP) is 2.01. The average molecular weight is 187 g/mol. The summed E-state index contributed by atoms with van der Waals surface area (Å²) in [5.74, 6) is 0. The van der Waals surface area contributed by atoms with Gasteiger partial charge >= 0.3 is 0 Å². The molecule has 0 spiro atoms. The van der Waals surface area contributed by atoms with Gasteiger partial charge in [-0.1, -0.05) is 31.5 Å². The molecule has 2 nitrogen and oxygen atoms in total. The molecule has 1 fully saturated rings. The highest BCUT2D eigenvalue weighted by Crippen LogP contribution is 2.20. The van der Waals surface area contributed by atoms with Crippen molar-refractivity contribution in [1.82, 2.24) is 0 Å². The van der Waals surface area contributed by atoms with Gasteiger partial charge in [-0.05, 0) is 12.8 Å². The molecule has 1 saturated carbocycles. The molecule has 0 radical (unpaired) electrons. The number of hydrogen-bond acceptors (Lipinski definition) is 2. The fourth-order valence-electron chi connectivity index (χ4n) is 1.56. The minimum absolute atomic E-state index is 0.480. The van der Waals surface area contributed by atoms with Crippen molar-refractivity contribution in [2.45, 2.75) is 44.6 Å². The number of thiocarbonyl (C=S) groups is 1. The largest absolute Gasteiger partial charge is 0.393 e. The Labute approximate surface area is 79.5 Å². The molecule has 0 amide bonds. The van der Waals surface area contributed by atoms with Crippen molar-refractivity contribution in [3.8, 4) is 0 Å². The third-order valence-electron chi connectivity index (χ3n) is 2.25. The number of nitrogens with two attached hydrogens (primary N) is 1. The van der Waals surface area contributed by atoms with Crippen molar-refractivity contribution in [2.75, 3.05) is 6.61 Å². The summed E-state index contributed by atoms with van der Waals surface area (Å²) in [6.07, 6.45) is 7.65. The van der Waals surface area contributed by atoms with E-state index in [2.05, 4.69) is 0 Å². The van der Waals surface area contributed by atoms with Crippen LogP contribution in [-0.2, 0) is 4.74 Å². The Morgan fingerprint density at radius 1 is 1.33 bits per heavy atom. The number of rotatable bonds is 4. The maximum atomic E-state index is 5.63. The minimum Gasteiger partial charge on any atom is -0.393 e. The van der Waals surface area contributed by atoms with E-state index in [9.17, 15) is 0 Å². The van der Waals surface area contributed by atoms with Gasteiger partial charge in [0.25, 0.3) is 0 Å². The fraction of sp³-hybridized carbons (Fsp3) is 0.889. The van der Waals surface area contributed by atoms with Gasteiger partial charge in [0.15, 0.2) is 0 Å². The first-order valence-corrected chi connectivity index (χ1v) is 5.10. The van der Waals surface area contributed by atoms with Crippen LogP contribution in [0.4, 0.5) is 0 Å². The van der Waals surface area contributed by atoms with E-state index in [0.29, 0.717) is 17.7 Å².